The lowest BCUT2D eigenvalue weighted by Crippen LogP contribution is -2.45. The Morgan fingerprint density at radius 2 is 1.91 bits per heavy atom. The Morgan fingerprint density at radius 3 is 2.60 bits per heavy atom. The van der Waals surface area contributed by atoms with Crippen LogP contribution in [0.5, 0.6) is 5.75 Å². The monoisotopic (exact) mass is 514 g/mol. The second-order valence-corrected chi connectivity index (χ2v) is 11.7. The lowest BCUT2D eigenvalue weighted by atomic mass is 9.93. The molecule has 35 heavy (non-hydrogen) atoms. The van der Waals surface area contributed by atoms with E-state index in [1.165, 1.54) is 11.8 Å². The largest absolute Gasteiger partial charge is 0.491 e. The molecule has 0 radical (unpaired) electrons. The first kappa shape index (κ1) is 25.3. The molecular weight excluding hydrogens is 484 g/mol. The maximum atomic E-state index is 13.3. The van der Waals surface area contributed by atoms with Crippen LogP contribution in [0.4, 0.5) is 0 Å². The van der Waals surface area contributed by atoms with E-state index in [1.54, 1.807) is 44.2 Å². The van der Waals surface area contributed by atoms with Crippen molar-refractivity contribution in [2.75, 3.05) is 18.1 Å². The van der Waals surface area contributed by atoms with Crippen LogP contribution in [-0.2, 0) is 19.4 Å². The molecule has 9 heteroatoms. The van der Waals surface area contributed by atoms with Gasteiger partial charge in [-0.25, -0.2) is 18.2 Å². The third kappa shape index (κ3) is 5.41. The first-order chi connectivity index (χ1) is 16.7. The number of fused-ring (bicyclic) bond motifs is 1. The minimum Gasteiger partial charge on any atom is -0.491 e. The van der Waals surface area contributed by atoms with Crippen molar-refractivity contribution in [2.24, 2.45) is 4.99 Å². The van der Waals surface area contributed by atoms with Crippen molar-refractivity contribution in [3.05, 3.63) is 71.4 Å². The molecule has 2 aromatic rings. The van der Waals surface area contributed by atoms with Crippen molar-refractivity contribution in [3.63, 3.8) is 0 Å². The Labute approximate surface area is 211 Å². The second-order valence-electron chi connectivity index (χ2n) is 8.72. The van der Waals surface area contributed by atoms with Crippen molar-refractivity contribution in [3.8, 4) is 5.75 Å². The maximum Gasteiger partial charge on any atom is 0.338 e. The van der Waals surface area contributed by atoms with Gasteiger partial charge in [0.15, 0.2) is 15.0 Å². The number of carbonyl (C=O) groups excluding carboxylic acids is 1. The number of carbonyl (C=O) groups is 1. The number of hydrogen-bond donors (Lipinski definition) is 0. The molecule has 0 amide bonds. The van der Waals surface area contributed by atoms with Gasteiger partial charge in [-0.15, -0.1) is 0 Å². The van der Waals surface area contributed by atoms with Crippen molar-refractivity contribution >= 4 is 32.7 Å². The zero-order valence-corrected chi connectivity index (χ0v) is 21.9. The highest BCUT2D eigenvalue weighted by Gasteiger charge is 2.45. The number of sulfone groups is 1. The summed E-state index contributed by atoms with van der Waals surface area (Å²) in [4.78, 5) is 20.1. The number of rotatable bonds is 8. The summed E-state index contributed by atoms with van der Waals surface area (Å²) in [6.45, 7) is 7.70. The van der Waals surface area contributed by atoms with Crippen LogP contribution in [0.25, 0.3) is 0 Å². The lowest BCUT2D eigenvalue weighted by Gasteiger charge is -2.38. The molecule has 0 spiro atoms. The molecule has 2 heterocycles. The molecular formula is C26H30N2O5S2. The van der Waals surface area contributed by atoms with Gasteiger partial charge in [0.25, 0.3) is 0 Å². The van der Waals surface area contributed by atoms with Gasteiger partial charge in [-0.1, -0.05) is 42.1 Å². The smallest absolute Gasteiger partial charge is 0.338 e. The van der Waals surface area contributed by atoms with Crippen molar-refractivity contribution in [1.29, 1.82) is 0 Å². The van der Waals surface area contributed by atoms with Gasteiger partial charge in [0.2, 0.25) is 0 Å². The van der Waals surface area contributed by atoms with E-state index in [2.05, 4.69) is 4.99 Å². The van der Waals surface area contributed by atoms with Crippen LogP contribution in [-0.4, -0.2) is 54.7 Å². The Balaban J connectivity index is 1.77. The summed E-state index contributed by atoms with van der Waals surface area (Å²) in [6, 6.07) is 15.1. The molecule has 2 atom stereocenters. The number of amidine groups is 1. The highest BCUT2D eigenvalue weighted by molar-refractivity contribution is 8.14. The molecule has 2 aliphatic rings. The molecule has 1 fully saturated rings. The Morgan fingerprint density at radius 1 is 1.17 bits per heavy atom. The summed E-state index contributed by atoms with van der Waals surface area (Å²) in [6.07, 6.45) is -0.0124. The van der Waals surface area contributed by atoms with Gasteiger partial charge in [-0.05, 0) is 57.5 Å². The minimum atomic E-state index is -3.55. The third-order valence-corrected chi connectivity index (χ3v) is 8.70. The van der Waals surface area contributed by atoms with Gasteiger partial charge in [0, 0.05) is 5.75 Å². The zero-order chi connectivity index (χ0) is 25.2. The van der Waals surface area contributed by atoms with E-state index in [0.717, 1.165) is 5.56 Å². The average Bonchev–Trinajstić information content (AvgIpc) is 3.19. The van der Waals surface area contributed by atoms with Gasteiger partial charge in [-0.3, -0.25) is 0 Å². The van der Waals surface area contributed by atoms with Crippen molar-refractivity contribution in [1.82, 2.24) is 4.90 Å². The topological polar surface area (TPSA) is 85.3 Å². The van der Waals surface area contributed by atoms with Crippen LogP contribution in [0.1, 0.15) is 39.3 Å². The molecule has 2 aliphatic heterocycles. The quantitative estimate of drug-likeness (QED) is 0.476. The summed E-state index contributed by atoms with van der Waals surface area (Å²) in [5, 5.41) is 0.712. The molecule has 2 unspecified atom stereocenters. The Hall–Kier alpha value is -2.78. The van der Waals surface area contributed by atoms with Crippen LogP contribution in [0.3, 0.4) is 0 Å². The normalized spacial score (nSPS) is 20.0. The Kier molecular flexibility index (Phi) is 7.56. The molecule has 0 aliphatic carbocycles. The highest BCUT2D eigenvalue weighted by atomic mass is 32.2. The average molecular weight is 515 g/mol. The predicted octanol–water partition coefficient (Wildman–Crippen LogP) is 4.61. The van der Waals surface area contributed by atoms with E-state index in [4.69, 9.17) is 9.47 Å². The van der Waals surface area contributed by atoms with E-state index in [0.29, 0.717) is 27.9 Å². The fourth-order valence-electron chi connectivity index (χ4n) is 4.36. The second kappa shape index (κ2) is 10.5. The number of aliphatic imine (C=N–C) groups is 1. The van der Waals surface area contributed by atoms with Gasteiger partial charge in [0.1, 0.15) is 5.75 Å². The first-order valence-electron chi connectivity index (χ1n) is 11.6. The molecule has 186 valence electrons. The molecule has 1 saturated heterocycles. The standard InChI is InChI=1S/C26H30N2O5S2/c1-5-32-25(29)23-18(4)27-26-28(24(23)19-10-9-11-21(14-19)33-17(2)3)20(15-34-26)16-35(30,31)22-12-7-6-8-13-22/h6-14,17,20,24H,5,15-16H2,1-4H3. The minimum absolute atomic E-state index is 0.0124. The third-order valence-electron chi connectivity index (χ3n) is 5.78. The maximum absolute atomic E-state index is 13.3. The first-order valence-corrected chi connectivity index (χ1v) is 14.3. The fourth-order valence-corrected chi connectivity index (χ4v) is 7.29. The molecule has 2 aromatic carbocycles. The highest BCUT2D eigenvalue weighted by Crippen LogP contribution is 2.44. The fraction of sp³-hybridized carbons (Fsp3) is 0.385. The van der Waals surface area contributed by atoms with E-state index >= 15 is 0 Å². The van der Waals surface area contributed by atoms with E-state index in [1.807, 2.05) is 43.0 Å². The molecule has 0 N–H and O–H groups in total. The number of nitrogens with zero attached hydrogens (tertiary/aromatic N) is 2. The number of ether oxygens (including phenoxy) is 2. The van der Waals surface area contributed by atoms with E-state index in [-0.39, 0.29) is 29.4 Å². The van der Waals surface area contributed by atoms with Gasteiger partial charge >= 0.3 is 5.97 Å². The zero-order valence-electron chi connectivity index (χ0n) is 20.3. The molecule has 4 rings (SSSR count). The SMILES string of the molecule is CCOC(=O)C1=C(C)N=C2SCC(CS(=O)(=O)c3ccccc3)N2C1c1cccc(OC(C)C)c1. The summed E-state index contributed by atoms with van der Waals surface area (Å²) in [5.74, 6) is 0.696. The summed E-state index contributed by atoms with van der Waals surface area (Å²) in [5.41, 5.74) is 1.82. The Bertz CT molecular complexity index is 1260. The van der Waals surface area contributed by atoms with Gasteiger partial charge in [-0.2, -0.15) is 0 Å². The number of hydrogen-bond acceptors (Lipinski definition) is 8. The van der Waals surface area contributed by atoms with Crippen LogP contribution in [0.15, 0.2) is 75.8 Å². The van der Waals surface area contributed by atoms with Gasteiger partial charge < -0.3 is 14.4 Å². The van der Waals surface area contributed by atoms with Crippen LogP contribution in [0, 0.1) is 0 Å². The molecule has 0 bridgehead atoms. The van der Waals surface area contributed by atoms with Gasteiger partial charge in [0.05, 0.1) is 46.7 Å². The number of benzene rings is 2. The number of thioether (sulfide) groups is 1. The van der Waals surface area contributed by atoms with Crippen LogP contribution < -0.4 is 4.74 Å². The predicted molar refractivity (Wildman–Crippen MR) is 138 cm³/mol. The molecule has 7 nitrogen and oxygen atoms in total. The summed E-state index contributed by atoms with van der Waals surface area (Å²) < 4.78 is 37.8. The van der Waals surface area contributed by atoms with E-state index in [9.17, 15) is 13.2 Å². The number of esters is 1. The number of allylic oxidation sites excluding steroid dienone is 1. The van der Waals surface area contributed by atoms with Crippen LogP contribution in [0.2, 0.25) is 0 Å². The van der Waals surface area contributed by atoms with Crippen LogP contribution >= 0.6 is 11.8 Å². The molecule has 0 aromatic heterocycles. The van der Waals surface area contributed by atoms with Crippen molar-refractivity contribution in [2.45, 2.75) is 50.8 Å². The molecule has 0 saturated carbocycles. The lowest BCUT2D eigenvalue weighted by molar-refractivity contribution is -0.139. The van der Waals surface area contributed by atoms with E-state index < -0.39 is 21.8 Å². The summed E-state index contributed by atoms with van der Waals surface area (Å²) >= 11 is 1.51. The summed E-state index contributed by atoms with van der Waals surface area (Å²) in [7, 11) is -3.55. The van der Waals surface area contributed by atoms with Crippen molar-refractivity contribution < 1.29 is 22.7 Å².